The summed E-state index contributed by atoms with van der Waals surface area (Å²) in [6.07, 6.45) is 0. The fourth-order valence-electron chi connectivity index (χ4n) is 3.07. The molecule has 0 N–H and O–H groups in total. The lowest BCUT2D eigenvalue weighted by atomic mass is 10.2. The summed E-state index contributed by atoms with van der Waals surface area (Å²) < 4.78 is 0. The Morgan fingerprint density at radius 3 is 2.41 bits per heavy atom. The van der Waals surface area contributed by atoms with Crippen molar-refractivity contribution >= 4 is 41.0 Å². The maximum absolute atomic E-state index is 12.5. The van der Waals surface area contributed by atoms with E-state index in [-0.39, 0.29) is 17.6 Å². The first-order valence-electron chi connectivity index (χ1n) is 9.38. The van der Waals surface area contributed by atoms with Crippen LogP contribution in [-0.4, -0.2) is 70.6 Å². The molecule has 0 spiro atoms. The van der Waals surface area contributed by atoms with Crippen LogP contribution in [0.5, 0.6) is 0 Å². The van der Waals surface area contributed by atoms with Crippen LogP contribution in [0.3, 0.4) is 0 Å². The third-order valence-corrected chi connectivity index (χ3v) is 5.74. The van der Waals surface area contributed by atoms with Gasteiger partial charge in [0.25, 0.3) is 0 Å². The highest BCUT2D eigenvalue weighted by Crippen LogP contribution is 2.23. The van der Waals surface area contributed by atoms with Crippen molar-refractivity contribution in [3.05, 3.63) is 47.1 Å². The van der Waals surface area contributed by atoms with Crippen LogP contribution in [0, 0.1) is 0 Å². The van der Waals surface area contributed by atoms with Gasteiger partial charge in [0.05, 0.1) is 5.75 Å². The van der Waals surface area contributed by atoms with Crippen LogP contribution in [-0.2, 0) is 16.1 Å². The Kier molecular flexibility index (Phi) is 7.33. The number of hydrogen-bond donors (Lipinski definition) is 0. The van der Waals surface area contributed by atoms with E-state index in [0.717, 1.165) is 0 Å². The maximum atomic E-state index is 12.5. The van der Waals surface area contributed by atoms with E-state index < -0.39 is 0 Å². The molecule has 3 rings (SSSR count). The molecule has 0 radical (unpaired) electrons. The molecule has 2 aromatic rings. The molecule has 0 unspecified atom stereocenters. The van der Waals surface area contributed by atoms with Crippen LogP contribution in [0.25, 0.3) is 0 Å². The largest absolute Gasteiger partial charge is 0.355 e. The van der Waals surface area contributed by atoms with Gasteiger partial charge in [-0.25, -0.2) is 9.97 Å². The zero-order valence-electron chi connectivity index (χ0n) is 16.5. The summed E-state index contributed by atoms with van der Waals surface area (Å²) in [5, 5.41) is 0.822. The zero-order chi connectivity index (χ0) is 20.8. The fourth-order valence-corrected chi connectivity index (χ4v) is 4.06. The van der Waals surface area contributed by atoms with E-state index in [2.05, 4.69) is 22.1 Å². The Bertz CT molecular complexity index is 859. The highest BCUT2D eigenvalue weighted by molar-refractivity contribution is 7.99. The van der Waals surface area contributed by atoms with Gasteiger partial charge in [-0.15, -0.1) is 0 Å². The molecular weight excluding hydrogens is 410 g/mol. The number of aromatic nitrogens is 2. The minimum atomic E-state index is 0.0148. The lowest BCUT2D eigenvalue weighted by Crippen LogP contribution is -2.50. The predicted molar refractivity (Wildman–Crippen MR) is 115 cm³/mol. The highest BCUT2D eigenvalue weighted by Gasteiger charge is 2.22. The third kappa shape index (κ3) is 6.08. The van der Waals surface area contributed by atoms with Gasteiger partial charge in [-0.1, -0.05) is 53.7 Å². The smallest absolute Gasteiger partial charge is 0.233 e. The average molecular weight is 434 g/mol. The molecule has 0 saturated carbocycles. The van der Waals surface area contributed by atoms with Crippen molar-refractivity contribution in [3.63, 3.8) is 0 Å². The second kappa shape index (κ2) is 9.93. The summed E-state index contributed by atoms with van der Waals surface area (Å²) in [5.41, 5.74) is 1.17. The molecule has 0 aliphatic carbocycles. The van der Waals surface area contributed by atoms with Crippen molar-refractivity contribution in [1.29, 1.82) is 0 Å². The first-order chi connectivity index (χ1) is 13.9. The number of benzene rings is 1. The Morgan fingerprint density at radius 2 is 1.76 bits per heavy atom. The number of rotatable bonds is 6. The zero-order valence-corrected chi connectivity index (χ0v) is 18.1. The number of carbonyl (C=O) groups excluding carboxylic acids is 2. The van der Waals surface area contributed by atoms with E-state index >= 15 is 0 Å². The topological polar surface area (TPSA) is 69.6 Å². The number of nitrogens with zero attached hydrogens (tertiary/aromatic N) is 5. The first-order valence-corrected chi connectivity index (χ1v) is 10.7. The SMILES string of the molecule is CC(=O)N1CCN(C(=O)CSc2nc(Cl)cc(N(C)Cc3ccccc3)n2)CC1. The highest BCUT2D eigenvalue weighted by atomic mass is 35.5. The summed E-state index contributed by atoms with van der Waals surface area (Å²) >= 11 is 7.46. The Morgan fingerprint density at radius 1 is 1.10 bits per heavy atom. The third-order valence-electron chi connectivity index (χ3n) is 4.72. The molecule has 154 valence electrons. The monoisotopic (exact) mass is 433 g/mol. The van der Waals surface area contributed by atoms with E-state index in [1.165, 1.54) is 17.3 Å². The van der Waals surface area contributed by atoms with Crippen LogP contribution in [0.1, 0.15) is 12.5 Å². The van der Waals surface area contributed by atoms with E-state index in [4.69, 9.17) is 11.6 Å². The second-order valence-corrected chi connectivity index (χ2v) is 8.18. The standard InChI is InChI=1S/C20H24ClN5O2S/c1-15(27)25-8-10-26(11-9-25)19(28)14-29-20-22-17(21)12-18(23-20)24(2)13-16-6-4-3-5-7-16/h3-7,12H,8-11,13-14H2,1-2H3. The number of carbonyl (C=O) groups is 2. The first kappa shape index (κ1) is 21.4. The molecule has 1 aromatic heterocycles. The van der Waals surface area contributed by atoms with E-state index in [1.807, 2.05) is 30.1 Å². The number of amides is 2. The van der Waals surface area contributed by atoms with E-state index in [1.54, 1.807) is 22.8 Å². The quantitative estimate of drug-likeness (QED) is 0.396. The number of piperazine rings is 1. The van der Waals surface area contributed by atoms with Gasteiger partial charge in [-0.05, 0) is 5.56 Å². The van der Waals surface area contributed by atoms with Crippen molar-refractivity contribution in [2.75, 3.05) is 43.9 Å². The van der Waals surface area contributed by atoms with Gasteiger partial charge >= 0.3 is 0 Å². The van der Waals surface area contributed by atoms with Gasteiger partial charge in [-0.2, -0.15) is 0 Å². The molecular formula is C20H24ClN5O2S. The second-order valence-electron chi connectivity index (χ2n) is 6.85. The van der Waals surface area contributed by atoms with E-state index in [0.29, 0.717) is 48.9 Å². The van der Waals surface area contributed by atoms with Crippen molar-refractivity contribution in [1.82, 2.24) is 19.8 Å². The Balaban J connectivity index is 1.57. The summed E-state index contributed by atoms with van der Waals surface area (Å²) in [5.74, 6) is 1.01. The maximum Gasteiger partial charge on any atom is 0.233 e. The van der Waals surface area contributed by atoms with Crippen LogP contribution >= 0.6 is 23.4 Å². The number of halogens is 1. The number of hydrogen-bond acceptors (Lipinski definition) is 6. The van der Waals surface area contributed by atoms with Gasteiger partial charge in [-0.3, -0.25) is 9.59 Å². The summed E-state index contributed by atoms with van der Waals surface area (Å²) in [4.78, 5) is 38.2. The van der Waals surface area contributed by atoms with Gasteiger partial charge in [0, 0.05) is 52.8 Å². The summed E-state index contributed by atoms with van der Waals surface area (Å²) in [6.45, 7) is 4.51. The van der Waals surface area contributed by atoms with Crippen LogP contribution in [0.2, 0.25) is 5.15 Å². The van der Waals surface area contributed by atoms with Crippen molar-refractivity contribution in [3.8, 4) is 0 Å². The molecule has 29 heavy (non-hydrogen) atoms. The average Bonchev–Trinajstić information content (AvgIpc) is 2.72. The summed E-state index contributed by atoms with van der Waals surface area (Å²) in [7, 11) is 1.94. The minimum Gasteiger partial charge on any atom is -0.355 e. The molecule has 1 saturated heterocycles. The van der Waals surface area contributed by atoms with Gasteiger partial charge < -0.3 is 14.7 Å². The van der Waals surface area contributed by atoms with Crippen molar-refractivity contribution < 1.29 is 9.59 Å². The predicted octanol–water partition coefficient (Wildman–Crippen LogP) is 2.55. The fraction of sp³-hybridized carbons (Fsp3) is 0.400. The van der Waals surface area contributed by atoms with Crippen LogP contribution in [0.4, 0.5) is 5.82 Å². The molecule has 1 aliphatic rings. The van der Waals surface area contributed by atoms with E-state index in [9.17, 15) is 9.59 Å². The molecule has 1 aliphatic heterocycles. The molecule has 1 aromatic carbocycles. The minimum absolute atomic E-state index is 0.0148. The molecule has 9 heteroatoms. The summed E-state index contributed by atoms with van der Waals surface area (Å²) in [6, 6.07) is 11.8. The number of thioether (sulfide) groups is 1. The lowest BCUT2D eigenvalue weighted by Gasteiger charge is -2.34. The molecule has 7 nitrogen and oxygen atoms in total. The van der Waals surface area contributed by atoms with Gasteiger partial charge in [0.1, 0.15) is 11.0 Å². The Labute approximate surface area is 180 Å². The Hall–Kier alpha value is -2.32. The van der Waals surface area contributed by atoms with Crippen LogP contribution < -0.4 is 4.90 Å². The van der Waals surface area contributed by atoms with Crippen LogP contribution in [0.15, 0.2) is 41.6 Å². The molecule has 0 atom stereocenters. The normalized spacial score (nSPS) is 14.0. The van der Waals surface area contributed by atoms with Crippen molar-refractivity contribution in [2.24, 2.45) is 0 Å². The number of anilines is 1. The van der Waals surface area contributed by atoms with Gasteiger partial charge in [0.2, 0.25) is 11.8 Å². The molecule has 1 fully saturated rings. The lowest BCUT2D eigenvalue weighted by molar-refractivity contribution is -0.136. The van der Waals surface area contributed by atoms with Gasteiger partial charge in [0.15, 0.2) is 5.16 Å². The molecule has 0 bridgehead atoms. The molecule has 2 heterocycles. The van der Waals surface area contributed by atoms with Crippen molar-refractivity contribution in [2.45, 2.75) is 18.6 Å². The molecule has 2 amide bonds.